The lowest BCUT2D eigenvalue weighted by atomic mass is 9.89. The Hall–Kier alpha value is -1.36. The van der Waals surface area contributed by atoms with Crippen molar-refractivity contribution in [2.45, 2.75) is 88.6 Å². The van der Waals surface area contributed by atoms with Gasteiger partial charge in [0.15, 0.2) is 5.82 Å². The number of fused-ring (bicyclic) bond motifs is 2. The summed E-state index contributed by atoms with van der Waals surface area (Å²) in [5.74, 6) is 1.95. The van der Waals surface area contributed by atoms with Crippen molar-refractivity contribution >= 4 is 11.7 Å². The lowest BCUT2D eigenvalue weighted by Gasteiger charge is -2.28. The molecule has 2 bridgehead atoms. The number of aromatic amines is 1. The first-order valence-electron chi connectivity index (χ1n) is 9.87. The molecule has 1 saturated carbocycles. The number of aromatic nitrogens is 2. The summed E-state index contributed by atoms with van der Waals surface area (Å²) < 4.78 is 0. The van der Waals surface area contributed by atoms with Gasteiger partial charge < -0.3 is 10.6 Å². The Morgan fingerprint density at radius 2 is 1.79 bits per heavy atom. The predicted octanol–water partition coefficient (Wildman–Crippen LogP) is 3.71. The van der Waals surface area contributed by atoms with Gasteiger partial charge in [-0.25, -0.2) is 0 Å². The second kappa shape index (κ2) is 7.26. The molecule has 5 nitrogen and oxygen atoms in total. The van der Waals surface area contributed by atoms with Crippen molar-refractivity contribution in [3.8, 4) is 0 Å². The Labute approximate surface area is 144 Å². The quantitative estimate of drug-likeness (QED) is 0.737. The highest BCUT2D eigenvalue weighted by molar-refractivity contribution is 5.89. The van der Waals surface area contributed by atoms with Crippen LogP contribution in [0.1, 0.15) is 82.2 Å². The molecule has 5 heteroatoms. The maximum absolute atomic E-state index is 12.4. The van der Waals surface area contributed by atoms with Gasteiger partial charge in [0.1, 0.15) is 0 Å². The summed E-state index contributed by atoms with van der Waals surface area (Å²) in [5, 5.41) is 14.1. The van der Waals surface area contributed by atoms with Crippen LogP contribution in [0, 0.1) is 5.92 Å². The fourth-order valence-corrected chi connectivity index (χ4v) is 5.00. The molecule has 2 unspecified atom stereocenters. The van der Waals surface area contributed by atoms with Crippen LogP contribution in [0.15, 0.2) is 6.07 Å². The van der Waals surface area contributed by atoms with Crippen molar-refractivity contribution in [3.05, 3.63) is 11.8 Å². The minimum Gasteiger partial charge on any atom is -0.311 e. The van der Waals surface area contributed by atoms with Crippen molar-refractivity contribution < 1.29 is 4.79 Å². The van der Waals surface area contributed by atoms with Gasteiger partial charge in [0, 0.05) is 36.2 Å². The third-order valence-corrected chi connectivity index (χ3v) is 6.20. The summed E-state index contributed by atoms with van der Waals surface area (Å²) in [7, 11) is 0. The lowest BCUT2D eigenvalue weighted by molar-refractivity contribution is -0.117. The smallest absolute Gasteiger partial charge is 0.225 e. The SMILES string of the molecule is O=C(CC1CC2CCC(C1)N2)Nc1cc(C2CCCCCC2)[nH]n1. The van der Waals surface area contributed by atoms with E-state index in [2.05, 4.69) is 26.9 Å². The second-order valence-electron chi connectivity index (χ2n) is 8.12. The fourth-order valence-electron chi connectivity index (χ4n) is 5.00. The van der Waals surface area contributed by atoms with E-state index in [1.165, 1.54) is 57.1 Å². The number of rotatable bonds is 4. The van der Waals surface area contributed by atoms with Crippen LogP contribution in [-0.2, 0) is 4.79 Å². The van der Waals surface area contributed by atoms with E-state index in [9.17, 15) is 4.79 Å². The number of amides is 1. The summed E-state index contributed by atoms with van der Waals surface area (Å²) in [6.45, 7) is 0. The molecular weight excluding hydrogens is 300 g/mol. The van der Waals surface area contributed by atoms with Crippen LogP contribution >= 0.6 is 0 Å². The molecule has 2 atom stereocenters. The molecule has 0 aromatic carbocycles. The van der Waals surface area contributed by atoms with E-state index in [0.717, 1.165) is 12.8 Å². The molecule has 1 aromatic rings. The predicted molar refractivity (Wildman–Crippen MR) is 94.9 cm³/mol. The molecule has 3 aliphatic rings. The van der Waals surface area contributed by atoms with E-state index in [1.807, 2.05) is 0 Å². The molecule has 2 saturated heterocycles. The standard InChI is InChI=1S/C19H30N4O/c24-19(11-13-9-15-7-8-16(10-13)20-15)21-18-12-17(22-23-18)14-5-3-1-2-4-6-14/h12-16,20H,1-11H2,(H2,21,22,23,24). The fraction of sp³-hybridized carbons (Fsp3) is 0.789. The molecule has 0 spiro atoms. The van der Waals surface area contributed by atoms with Crippen molar-refractivity contribution in [1.82, 2.24) is 15.5 Å². The van der Waals surface area contributed by atoms with Crippen molar-refractivity contribution in [2.24, 2.45) is 5.92 Å². The lowest BCUT2D eigenvalue weighted by Crippen LogP contribution is -2.39. The minimum atomic E-state index is 0.125. The van der Waals surface area contributed by atoms with E-state index in [1.54, 1.807) is 0 Å². The largest absolute Gasteiger partial charge is 0.311 e. The molecule has 0 radical (unpaired) electrons. The maximum atomic E-state index is 12.4. The zero-order valence-electron chi connectivity index (χ0n) is 14.5. The van der Waals surface area contributed by atoms with Gasteiger partial charge in [-0.3, -0.25) is 9.89 Å². The zero-order valence-corrected chi connectivity index (χ0v) is 14.5. The van der Waals surface area contributed by atoms with Crippen molar-refractivity contribution in [1.29, 1.82) is 0 Å². The first kappa shape index (κ1) is 16.1. The molecule has 24 heavy (non-hydrogen) atoms. The van der Waals surface area contributed by atoms with E-state index < -0.39 is 0 Å². The average molecular weight is 330 g/mol. The van der Waals surface area contributed by atoms with Gasteiger partial charge in [-0.1, -0.05) is 25.7 Å². The average Bonchev–Trinajstić information content (AvgIpc) is 3.04. The molecule has 1 aromatic heterocycles. The van der Waals surface area contributed by atoms with Gasteiger partial charge >= 0.3 is 0 Å². The molecule has 3 heterocycles. The van der Waals surface area contributed by atoms with Gasteiger partial charge in [-0.15, -0.1) is 0 Å². The van der Waals surface area contributed by atoms with Gasteiger partial charge in [0.25, 0.3) is 0 Å². The number of nitrogens with zero attached hydrogens (tertiary/aromatic N) is 1. The molecule has 2 aliphatic heterocycles. The Morgan fingerprint density at radius 1 is 1.08 bits per heavy atom. The van der Waals surface area contributed by atoms with Gasteiger partial charge in [-0.05, 0) is 44.4 Å². The van der Waals surface area contributed by atoms with Crippen molar-refractivity contribution in [2.75, 3.05) is 5.32 Å². The highest BCUT2D eigenvalue weighted by Crippen LogP contribution is 2.33. The normalized spacial score (nSPS) is 30.9. The number of anilines is 1. The maximum Gasteiger partial charge on any atom is 0.225 e. The summed E-state index contributed by atoms with van der Waals surface area (Å²) in [4.78, 5) is 12.4. The highest BCUT2D eigenvalue weighted by Gasteiger charge is 2.34. The molecule has 4 rings (SSSR count). The van der Waals surface area contributed by atoms with Crippen LogP contribution in [0.4, 0.5) is 5.82 Å². The van der Waals surface area contributed by atoms with Crippen molar-refractivity contribution in [3.63, 3.8) is 0 Å². The molecule has 132 valence electrons. The van der Waals surface area contributed by atoms with Crippen LogP contribution < -0.4 is 10.6 Å². The summed E-state index contributed by atoms with van der Waals surface area (Å²) in [6, 6.07) is 3.35. The van der Waals surface area contributed by atoms with Crippen LogP contribution in [0.25, 0.3) is 0 Å². The summed E-state index contributed by atoms with van der Waals surface area (Å²) in [6.07, 6.45) is 13.3. The van der Waals surface area contributed by atoms with Crippen LogP contribution in [0.3, 0.4) is 0 Å². The Morgan fingerprint density at radius 3 is 2.50 bits per heavy atom. The molecular formula is C19H30N4O. The van der Waals surface area contributed by atoms with Crippen LogP contribution in [-0.4, -0.2) is 28.2 Å². The first-order valence-corrected chi connectivity index (χ1v) is 9.87. The molecule has 1 aliphatic carbocycles. The van der Waals surface area contributed by atoms with Gasteiger partial charge in [0.05, 0.1) is 0 Å². The minimum absolute atomic E-state index is 0.125. The number of hydrogen-bond acceptors (Lipinski definition) is 3. The third kappa shape index (κ3) is 3.82. The number of H-pyrrole nitrogens is 1. The van der Waals surface area contributed by atoms with E-state index in [0.29, 0.717) is 36.2 Å². The van der Waals surface area contributed by atoms with Gasteiger partial charge in [0.2, 0.25) is 5.91 Å². The number of carbonyl (C=O) groups is 1. The Bertz CT molecular complexity index is 549. The topological polar surface area (TPSA) is 69.8 Å². The van der Waals surface area contributed by atoms with Gasteiger partial charge in [-0.2, -0.15) is 5.10 Å². The summed E-state index contributed by atoms with van der Waals surface area (Å²) >= 11 is 0. The number of piperidine rings is 1. The van der Waals surface area contributed by atoms with E-state index >= 15 is 0 Å². The Balaban J connectivity index is 1.29. The molecule has 1 amide bonds. The second-order valence-corrected chi connectivity index (χ2v) is 8.12. The van der Waals surface area contributed by atoms with Crippen LogP contribution in [0.5, 0.6) is 0 Å². The highest BCUT2D eigenvalue weighted by atomic mass is 16.1. The first-order chi connectivity index (χ1) is 11.8. The zero-order chi connectivity index (χ0) is 16.4. The number of hydrogen-bond donors (Lipinski definition) is 3. The van der Waals surface area contributed by atoms with E-state index in [4.69, 9.17) is 0 Å². The monoisotopic (exact) mass is 330 g/mol. The van der Waals surface area contributed by atoms with Crippen LogP contribution in [0.2, 0.25) is 0 Å². The third-order valence-electron chi connectivity index (χ3n) is 6.20. The van der Waals surface area contributed by atoms with E-state index in [-0.39, 0.29) is 5.91 Å². The Kier molecular flexibility index (Phi) is 4.88. The molecule has 3 N–H and O–H groups in total. The number of nitrogens with one attached hydrogen (secondary N) is 3. The summed E-state index contributed by atoms with van der Waals surface area (Å²) in [5.41, 5.74) is 1.20. The number of carbonyl (C=O) groups excluding carboxylic acids is 1. The molecule has 3 fully saturated rings.